The molecule has 1 aliphatic heterocycles. The van der Waals surface area contributed by atoms with Crippen molar-refractivity contribution in [2.75, 3.05) is 11.9 Å². The van der Waals surface area contributed by atoms with Gasteiger partial charge in [0.15, 0.2) is 0 Å². The van der Waals surface area contributed by atoms with Gasteiger partial charge in [0.05, 0.1) is 11.4 Å². The van der Waals surface area contributed by atoms with Crippen LogP contribution in [0.1, 0.15) is 37.8 Å². The molecule has 108 valence electrons. The zero-order valence-electron chi connectivity index (χ0n) is 11.5. The first-order valence-corrected chi connectivity index (χ1v) is 7.36. The molecule has 0 saturated heterocycles. The van der Waals surface area contributed by atoms with E-state index in [1.807, 2.05) is 0 Å². The predicted molar refractivity (Wildman–Crippen MR) is 75.7 cm³/mol. The van der Waals surface area contributed by atoms with E-state index in [1.165, 1.54) is 17.5 Å². The van der Waals surface area contributed by atoms with E-state index in [1.54, 1.807) is 6.07 Å². The van der Waals surface area contributed by atoms with Gasteiger partial charge >= 0.3 is 0 Å². The van der Waals surface area contributed by atoms with Crippen LogP contribution >= 0.6 is 0 Å². The lowest BCUT2D eigenvalue weighted by Crippen LogP contribution is -2.38. The van der Waals surface area contributed by atoms with Crippen LogP contribution in [0.5, 0.6) is 0 Å². The summed E-state index contributed by atoms with van der Waals surface area (Å²) in [6.07, 6.45) is 6.30. The second-order valence-electron chi connectivity index (χ2n) is 5.58. The Morgan fingerprint density at radius 3 is 3.00 bits per heavy atom. The van der Waals surface area contributed by atoms with Crippen LogP contribution in [0.2, 0.25) is 0 Å². The summed E-state index contributed by atoms with van der Waals surface area (Å²) < 4.78 is 1.27. The molecule has 0 radical (unpaired) electrons. The number of aromatic nitrogens is 2. The summed E-state index contributed by atoms with van der Waals surface area (Å²) >= 11 is 0. The van der Waals surface area contributed by atoms with E-state index in [-0.39, 0.29) is 24.1 Å². The Hall–Kier alpha value is -1.85. The molecule has 2 aliphatic rings. The number of nitrogens with zero attached hydrogens (tertiary/aromatic N) is 2. The smallest absolute Gasteiger partial charge is 0.269 e. The summed E-state index contributed by atoms with van der Waals surface area (Å²) in [5.41, 5.74) is 1.47. The maximum Gasteiger partial charge on any atom is 0.269 e. The van der Waals surface area contributed by atoms with Crippen LogP contribution in [0.25, 0.3) is 0 Å². The molecule has 1 fully saturated rings. The summed E-state index contributed by atoms with van der Waals surface area (Å²) in [6.45, 7) is 0.892. The zero-order chi connectivity index (χ0) is 13.9. The van der Waals surface area contributed by atoms with Gasteiger partial charge in [-0.05, 0) is 25.7 Å². The highest BCUT2D eigenvalue weighted by Gasteiger charge is 2.18. The van der Waals surface area contributed by atoms with Crippen molar-refractivity contribution in [2.24, 2.45) is 0 Å². The van der Waals surface area contributed by atoms with Gasteiger partial charge in [0.2, 0.25) is 5.91 Å². The molecule has 2 heterocycles. The van der Waals surface area contributed by atoms with Crippen molar-refractivity contribution in [3.8, 4) is 0 Å². The third-order valence-corrected chi connectivity index (χ3v) is 3.99. The first kappa shape index (κ1) is 13.1. The fourth-order valence-electron chi connectivity index (χ4n) is 2.94. The van der Waals surface area contributed by atoms with Crippen LogP contribution < -0.4 is 16.2 Å². The maximum atomic E-state index is 12.0. The number of amides is 1. The number of fused-ring (bicyclic) bond motifs is 1. The molecule has 6 heteroatoms. The van der Waals surface area contributed by atoms with Crippen LogP contribution in [0.4, 0.5) is 5.69 Å². The minimum absolute atomic E-state index is 0.0165. The van der Waals surface area contributed by atoms with Gasteiger partial charge in [-0.15, -0.1) is 0 Å². The third kappa shape index (κ3) is 2.84. The Balaban J connectivity index is 1.70. The second kappa shape index (κ2) is 5.64. The van der Waals surface area contributed by atoms with Gasteiger partial charge in [-0.2, -0.15) is 5.10 Å². The minimum Gasteiger partial charge on any atom is -0.383 e. The van der Waals surface area contributed by atoms with E-state index in [9.17, 15) is 9.59 Å². The first-order valence-electron chi connectivity index (χ1n) is 7.36. The average Bonchev–Trinajstić information content (AvgIpc) is 2.92. The third-order valence-electron chi connectivity index (χ3n) is 3.99. The molecule has 0 unspecified atom stereocenters. The van der Waals surface area contributed by atoms with Gasteiger partial charge in [-0.1, -0.05) is 12.8 Å². The van der Waals surface area contributed by atoms with Crippen molar-refractivity contribution >= 4 is 11.6 Å². The van der Waals surface area contributed by atoms with E-state index in [0.717, 1.165) is 43.6 Å². The number of carbonyl (C=O) groups excluding carboxylic acids is 1. The van der Waals surface area contributed by atoms with Crippen molar-refractivity contribution in [1.82, 2.24) is 15.1 Å². The van der Waals surface area contributed by atoms with Gasteiger partial charge < -0.3 is 10.6 Å². The number of anilines is 1. The van der Waals surface area contributed by atoms with Crippen LogP contribution in [-0.2, 0) is 17.8 Å². The predicted octanol–water partition coefficient (Wildman–Crippen LogP) is 0.660. The average molecular weight is 276 g/mol. The highest BCUT2D eigenvalue weighted by atomic mass is 16.2. The molecule has 3 rings (SSSR count). The lowest BCUT2D eigenvalue weighted by Gasteiger charge is -2.18. The molecule has 2 N–H and O–H groups in total. The van der Waals surface area contributed by atoms with Gasteiger partial charge in [0, 0.05) is 18.7 Å². The van der Waals surface area contributed by atoms with Crippen LogP contribution in [0.15, 0.2) is 10.9 Å². The van der Waals surface area contributed by atoms with Gasteiger partial charge in [-0.25, -0.2) is 4.68 Å². The number of carbonyl (C=O) groups is 1. The normalized spacial score (nSPS) is 18.4. The van der Waals surface area contributed by atoms with Gasteiger partial charge in [0.25, 0.3) is 5.56 Å². The van der Waals surface area contributed by atoms with Crippen molar-refractivity contribution in [3.05, 3.63) is 22.1 Å². The zero-order valence-corrected chi connectivity index (χ0v) is 11.5. The molecule has 0 aromatic carbocycles. The topological polar surface area (TPSA) is 76.0 Å². The van der Waals surface area contributed by atoms with E-state index in [0.29, 0.717) is 0 Å². The number of hydrogen-bond acceptors (Lipinski definition) is 4. The fraction of sp³-hybridized carbons (Fsp3) is 0.643. The van der Waals surface area contributed by atoms with Crippen LogP contribution in [0.3, 0.4) is 0 Å². The monoisotopic (exact) mass is 276 g/mol. The Morgan fingerprint density at radius 2 is 2.20 bits per heavy atom. The molecule has 1 aromatic heterocycles. The maximum absolute atomic E-state index is 12.0. The van der Waals surface area contributed by atoms with Crippen LogP contribution in [0, 0.1) is 0 Å². The van der Waals surface area contributed by atoms with Crippen molar-refractivity contribution in [2.45, 2.75) is 51.1 Å². The highest BCUT2D eigenvalue weighted by molar-refractivity contribution is 5.76. The molecule has 0 spiro atoms. The Bertz CT molecular complexity index is 561. The highest BCUT2D eigenvalue weighted by Crippen LogP contribution is 2.18. The van der Waals surface area contributed by atoms with Crippen molar-refractivity contribution in [3.63, 3.8) is 0 Å². The lowest BCUT2D eigenvalue weighted by molar-refractivity contribution is -0.122. The number of aryl methyl sites for hydroxylation is 1. The van der Waals surface area contributed by atoms with E-state index < -0.39 is 0 Å². The molecule has 1 saturated carbocycles. The van der Waals surface area contributed by atoms with E-state index >= 15 is 0 Å². The molecule has 6 nitrogen and oxygen atoms in total. The molecule has 1 aliphatic carbocycles. The number of hydrogen-bond donors (Lipinski definition) is 2. The van der Waals surface area contributed by atoms with Gasteiger partial charge in [0.1, 0.15) is 6.54 Å². The number of nitrogens with one attached hydrogen (secondary N) is 2. The summed E-state index contributed by atoms with van der Waals surface area (Å²) in [6, 6.07) is 1.82. The number of rotatable bonds is 3. The SMILES string of the molecule is O=C(Cn1nc2c(cc1=O)NCCC2)NC1CCCC1. The molecular formula is C14H20N4O2. The molecule has 1 aromatic rings. The minimum atomic E-state index is -0.222. The first-order chi connectivity index (χ1) is 9.72. The Labute approximate surface area is 117 Å². The largest absolute Gasteiger partial charge is 0.383 e. The van der Waals surface area contributed by atoms with Gasteiger partial charge in [-0.3, -0.25) is 9.59 Å². The Kier molecular flexibility index (Phi) is 3.71. The summed E-state index contributed by atoms with van der Waals surface area (Å²) in [7, 11) is 0. The van der Waals surface area contributed by atoms with Crippen molar-refractivity contribution in [1.29, 1.82) is 0 Å². The summed E-state index contributed by atoms with van der Waals surface area (Å²) in [5, 5.41) is 10.5. The molecule has 0 bridgehead atoms. The van der Waals surface area contributed by atoms with Crippen LogP contribution in [-0.4, -0.2) is 28.3 Å². The summed E-state index contributed by atoms with van der Waals surface area (Å²) in [4.78, 5) is 23.9. The lowest BCUT2D eigenvalue weighted by atomic mass is 10.1. The quantitative estimate of drug-likeness (QED) is 0.850. The van der Waals surface area contributed by atoms with E-state index in [2.05, 4.69) is 15.7 Å². The Morgan fingerprint density at radius 1 is 1.40 bits per heavy atom. The molecule has 1 amide bonds. The summed E-state index contributed by atoms with van der Waals surface area (Å²) in [5.74, 6) is -0.116. The molecular weight excluding hydrogens is 256 g/mol. The van der Waals surface area contributed by atoms with Crippen molar-refractivity contribution < 1.29 is 4.79 Å². The molecule has 20 heavy (non-hydrogen) atoms. The van der Waals surface area contributed by atoms with E-state index in [4.69, 9.17) is 0 Å². The molecule has 0 atom stereocenters. The second-order valence-corrected chi connectivity index (χ2v) is 5.58. The fourth-order valence-corrected chi connectivity index (χ4v) is 2.94. The standard InChI is InChI=1S/C14H20N4O2/c19-13(16-10-4-1-2-5-10)9-18-14(20)8-12-11(17-18)6-3-7-15-12/h8,10,15H,1-7,9H2,(H,16,19).